The number of benzene rings is 1. The standard InChI is InChI=1S/C15H22O/c1-4-6-12-15(3,5-2)14(16)13-10-8-7-9-11-13/h5,7-11,14,16H,2,4,6,12H2,1,3H3/t14-,15+/m0/s1. The summed E-state index contributed by atoms with van der Waals surface area (Å²) in [6.45, 7) is 8.11. The molecule has 1 N–H and O–H groups in total. The van der Waals surface area contributed by atoms with Crippen LogP contribution in [0.3, 0.4) is 0 Å². The Morgan fingerprint density at radius 2 is 2.00 bits per heavy atom. The van der Waals surface area contributed by atoms with Crippen LogP contribution in [0.15, 0.2) is 43.0 Å². The van der Waals surface area contributed by atoms with Gasteiger partial charge in [0, 0.05) is 5.41 Å². The minimum atomic E-state index is -0.460. The van der Waals surface area contributed by atoms with Crippen molar-refractivity contribution in [1.82, 2.24) is 0 Å². The highest BCUT2D eigenvalue weighted by atomic mass is 16.3. The summed E-state index contributed by atoms with van der Waals surface area (Å²) >= 11 is 0. The van der Waals surface area contributed by atoms with Crippen molar-refractivity contribution in [3.8, 4) is 0 Å². The lowest BCUT2D eigenvalue weighted by atomic mass is 9.77. The molecular formula is C15H22O. The summed E-state index contributed by atoms with van der Waals surface area (Å²) in [4.78, 5) is 0. The molecule has 2 atom stereocenters. The Bertz CT molecular complexity index is 317. The topological polar surface area (TPSA) is 20.2 Å². The smallest absolute Gasteiger partial charge is 0.0877 e. The van der Waals surface area contributed by atoms with Crippen LogP contribution in [0, 0.1) is 5.41 Å². The maximum absolute atomic E-state index is 10.4. The zero-order chi connectivity index (χ0) is 12.0. The van der Waals surface area contributed by atoms with Crippen molar-refractivity contribution in [2.24, 2.45) is 5.41 Å². The lowest BCUT2D eigenvalue weighted by molar-refractivity contribution is 0.0624. The van der Waals surface area contributed by atoms with Gasteiger partial charge in [-0.3, -0.25) is 0 Å². The lowest BCUT2D eigenvalue weighted by Gasteiger charge is -2.31. The highest BCUT2D eigenvalue weighted by molar-refractivity contribution is 5.21. The van der Waals surface area contributed by atoms with Crippen molar-refractivity contribution in [2.75, 3.05) is 0 Å². The van der Waals surface area contributed by atoms with Crippen molar-refractivity contribution in [1.29, 1.82) is 0 Å². The van der Waals surface area contributed by atoms with E-state index in [2.05, 4.69) is 20.4 Å². The van der Waals surface area contributed by atoms with Crippen molar-refractivity contribution in [3.05, 3.63) is 48.6 Å². The Morgan fingerprint density at radius 1 is 1.38 bits per heavy atom. The maximum Gasteiger partial charge on any atom is 0.0877 e. The summed E-state index contributed by atoms with van der Waals surface area (Å²) in [5.41, 5.74) is 0.748. The number of aliphatic hydroxyl groups is 1. The first-order valence-corrected chi connectivity index (χ1v) is 6.00. The third-order valence-electron chi connectivity index (χ3n) is 3.28. The normalized spacial score (nSPS) is 16.4. The van der Waals surface area contributed by atoms with Gasteiger partial charge in [0.25, 0.3) is 0 Å². The lowest BCUT2D eigenvalue weighted by Crippen LogP contribution is -2.23. The molecule has 88 valence electrons. The Labute approximate surface area is 98.8 Å². The molecule has 16 heavy (non-hydrogen) atoms. The summed E-state index contributed by atoms with van der Waals surface area (Å²) in [7, 11) is 0. The van der Waals surface area contributed by atoms with Crippen LogP contribution >= 0.6 is 0 Å². The van der Waals surface area contributed by atoms with Crippen LogP contribution in [0.25, 0.3) is 0 Å². The number of rotatable bonds is 6. The van der Waals surface area contributed by atoms with Gasteiger partial charge in [0.2, 0.25) is 0 Å². The van der Waals surface area contributed by atoms with Gasteiger partial charge in [-0.2, -0.15) is 0 Å². The summed E-state index contributed by atoms with van der Waals surface area (Å²) in [5, 5.41) is 10.4. The molecule has 0 fully saturated rings. The van der Waals surface area contributed by atoms with Gasteiger partial charge in [0.05, 0.1) is 6.10 Å². The van der Waals surface area contributed by atoms with E-state index in [4.69, 9.17) is 0 Å². The van der Waals surface area contributed by atoms with Gasteiger partial charge in [-0.05, 0) is 12.0 Å². The van der Waals surface area contributed by atoms with Crippen LogP contribution in [-0.4, -0.2) is 5.11 Å². The minimum Gasteiger partial charge on any atom is -0.388 e. The van der Waals surface area contributed by atoms with Gasteiger partial charge in [0.1, 0.15) is 0 Å². The number of unbranched alkanes of at least 4 members (excludes halogenated alkanes) is 1. The molecule has 0 amide bonds. The number of hydrogen-bond donors (Lipinski definition) is 1. The fraction of sp³-hybridized carbons (Fsp3) is 0.467. The molecule has 1 nitrogen and oxygen atoms in total. The van der Waals surface area contributed by atoms with Gasteiger partial charge in [-0.25, -0.2) is 0 Å². The van der Waals surface area contributed by atoms with E-state index in [-0.39, 0.29) is 5.41 Å². The van der Waals surface area contributed by atoms with Gasteiger partial charge in [-0.1, -0.05) is 63.1 Å². The van der Waals surface area contributed by atoms with E-state index < -0.39 is 6.10 Å². The molecule has 0 bridgehead atoms. The molecule has 0 aromatic heterocycles. The summed E-state index contributed by atoms with van der Waals surface area (Å²) < 4.78 is 0. The van der Waals surface area contributed by atoms with Gasteiger partial charge >= 0.3 is 0 Å². The molecule has 1 aromatic carbocycles. The van der Waals surface area contributed by atoms with E-state index in [1.54, 1.807) is 0 Å². The van der Waals surface area contributed by atoms with Gasteiger partial charge in [0.15, 0.2) is 0 Å². The van der Waals surface area contributed by atoms with Crippen LogP contribution < -0.4 is 0 Å². The number of hydrogen-bond acceptors (Lipinski definition) is 1. The molecule has 0 aliphatic heterocycles. The summed E-state index contributed by atoms with van der Waals surface area (Å²) in [6.07, 6.45) is 4.67. The highest BCUT2D eigenvalue weighted by Crippen LogP contribution is 2.39. The molecule has 1 rings (SSSR count). The van der Waals surface area contributed by atoms with Crippen LogP contribution in [0.1, 0.15) is 44.8 Å². The van der Waals surface area contributed by atoms with E-state index in [1.807, 2.05) is 36.4 Å². The molecular weight excluding hydrogens is 196 g/mol. The average molecular weight is 218 g/mol. The second kappa shape index (κ2) is 5.86. The second-order valence-electron chi connectivity index (χ2n) is 4.63. The summed E-state index contributed by atoms with van der Waals surface area (Å²) in [5.74, 6) is 0. The fourth-order valence-electron chi connectivity index (χ4n) is 1.92. The fourth-order valence-corrected chi connectivity index (χ4v) is 1.92. The Balaban J connectivity index is 2.84. The predicted molar refractivity (Wildman–Crippen MR) is 69.2 cm³/mol. The zero-order valence-corrected chi connectivity index (χ0v) is 10.3. The van der Waals surface area contributed by atoms with E-state index in [1.165, 1.54) is 0 Å². The first-order chi connectivity index (χ1) is 7.64. The van der Waals surface area contributed by atoms with Crippen molar-refractivity contribution >= 4 is 0 Å². The minimum absolute atomic E-state index is 0.225. The third kappa shape index (κ3) is 2.96. The number of aliphatic hydroxyl groups excluding tert-OH is 1. The van der Waals surface area contributed by atoms with Crippen molar-refractivity contribution in [2.45, 2.75) is 39.2 Å². The SMILES string of the molecule is C=C[C@](C)(CCCC)[C@@H](O)c1ccccc1. The zero-order valence-electron chi connectivity index (χ0n) is 10.3. The monoisotopic (exact) mass is 218 g/mol. The van der Waals surface area contributed by atoms with E-state index >= 15 is 0 Å². The Hall–Kier alpha value is -1.08. The van der Waals surface area contributed by atoms with Crippen molar-refractivity contribution < 1.29 is 5.11 Å². The van der Waals surface area contributed by atoms with Crippen LogP contribution in [-0.2, 0) is 0 Å². The largest absolute Gasteiger partial charge is 0.388 e. The molecule has 0 unspecified atom stereocenters. The van der Waals surface area contributed by atoms with Crippen LogP contribution in [0.4, 0.5) is 0 Å². The van der Waals surface area contributed by atoms with Gasteiger partial charge in [-0.15, -0.1) is 6.58 Å². The molecule has 0 heterocycles. The average Bonchev–Trinajstić information content (AvgIpc) is 2.36. The molecule has 1 aromatic rings. The van der Waals surface area contributed by atoms with Crippen LogP contribution in [0.2, 0.25) is 0 Å². The Kier molecular flexibility index (Phi) is 4.75. The molecule has 0 saturated carbocycles. The van der Waals surface area contributed by atoms with Crippen LogP contribution in [0.5, 0.6) is 0 Å². The first kappa shape index (κ1) is 13.0. The third-order valence-corrected chi connectivity index (χ3v) is 3.28. The first-order valence-electron chi connectivity index (χ1n) is 6.00. The molecule has 1 heteroatoms. The second-order valence-corrected chi connectivity index (χ2v) is 4.63. The van der Waals surface area contributed by atoms with E-state index in [9.17, 15) is 5.11 Å². The molecule has 0 spiro atoms. The highest BCUT2D eigenvalue weighted by Gasteiger charge is 2.30. The quantitative estimate of drug-likeness (QED) is 0.713. The van der Waals surface area contributed by atoms with Crippen molar-refractivity contribution in [3.63, 3.8) is 0 Å². The molecule has 0 aliphatic carbocycles. The summed E-state index contributed by atoms with van der Waals surface area (Å²) in [6, 6.07) is 9.83. The Morgan fingerprint density at radius 3 is 2.50 bits per heavy atom. The maximum atomic E-state index is 10.4. The van der Waals surface area contributed by atoms with Gasteiger partial charge < -0.3 is 5.11 Å². The van der Waals surface area contributed by atoms with E-state index in [0.29, 0.717) is 0 Å². The molecule has 0 saturated heterocycles. The van der Waals surface area contributed by atoms with E-state index in [0.717, 1.165) is 24.8 Å². The molecule has 0 aliphatic rings. The predicted octanol–water partition coefficient (Wildman–Crippen LogP) is 4.10. The molecule has 0 radical (unpaired) electrons.